The molecule has 0 aliphatic heterocycles. The van der Waals surface area contributed by atoms with E-state index in [1.807, 2.05) is 0 Å². The Morgan fingerprint density at radius 1 is 1.26 bits per heavy atom. The molecular formula is C15H15NO3. The number of benzene rings is 1. The number of rotatable bonds is 5. The van der Waals surface area contributed by atoms with E-state index in [1.54, 1.807) is 24.3 Å². The molecule has 4 heteroatoms. The van der Waals surface area contributed by atoms with Crippen LogP contribution in [0.1, 0.15) is 46.9 Å². The summed E-state index contributed by atoms with van der Waals surface area (Å²) < 4.78 is 5.23. The Labute approximate surface area is 112 Å². The minimum atomic E-state index is -0.403. The molecule has 1 saturated carbocycles. The lowest BCUT2D eigenvalue weighted by Crippen LogP contribution is -2.15. The molecule has 0 unspecified atom stereocenters. The lowest BCUT2D eigenvalue weighted by atomic mass is 10.1. The minimum absolute atomic E-state index is 0.0362. The van der Waals surface area contributed by atoms with Crippen molar-refractivity contribution in [1.82, 2.24) is 0 Å². The molecule has 98 valence electrons. The smallest absolute Gasteiger partial charge is 0.338 e. The number of nitriles is 1. The molecule has 1 aliphatic rings. The highest BCUT2D eigenvalue weighted by Crippen LogP contribution is 2.48. The zero-order valence-corrected chi connectivity index (χ0v) is 10.8. The first-order valence-corrected chi connectivity index (χ1v) is 6.21. The number of esters is 1. The molecule has 0 spiro atoms. The second-order valence-electron chi connectivity index (χ2n) is 5.04. The normalized spacial score (nSPS) is 15.4. The van der Waals surface area contributed by atoms with Crippen molar-refractivity contribution in [3.05, 3.63) is 35.4 Å². The Hall–Kier alpha value is -2.15. The number of carbonyl (C=O) groups is 2. The van der Waals surface area contributed by atoms with Gasteiger partial charge in [-0.05, 0) is 31.9 Å². The molecule has 0 saturated heterocycles. The first-order valence-electron chi connectivity index (χ1n) is 6.21. The van der Waals surface area contributed by atoms with E-state index in [4.69, 9.17) is 10.00 Å². The lowest BCUT2D eigenvalue weighted by Gasteiger charge is -2.11. The topological polar surface area (TPSA) is 67.2 Å². The zero-order chi connectivity index (χ0) is 13.9. The van der Waals surface area contributed by atoms with Gasteiger partial charge in [-0.25, -0.2) is 4.79 Å². The average molecular weight is 257 g/mol. The summed E-state index contributed by atoms with van der Waals surface area (Å²) in [5.74, 6) is -0.440. The van der Waals surface area contributed by atoms with Crippen LogP contribution in [0.3, 0.4) is 0 Å². The SMILES string of the molecule is CC(=O)c1ccc(C(=O)OCC2(CC#N)CC2)cc1. The van der Waals surface area contributed by atoms with Crippen molar-refractivity contribution in [2.24, 2.45) is 5.41 Å². The van der Waals surface area contributed by atoms with Crippen LogP contribution >= 0.6 is 0 Å². The maximum atomic E-state index is 11.8. The number of hydrogen-bond donors (Lipinski definition) is 0. The van der Waals surface area contributed by atoms with E-state index in [9.17, 15) is 9.59 Å². The first kappa shape index (κ1) is 13.3. The molecule has 0 radical (unpaired) electrons. The molecule has 19 heavy (non-hydrogen) atoms. The summed E-state index contributed by atoms with van der Waals surface area (Å²) in [5, 5.41) is 8.68. The van der Waals surface area contributed by atoms with Crippen molar-refractivity contribution >= 4 is 11.8 Å². The van der Waals surface area contributed by atoms with Gasteiger partial charge >= 0.3 is 5.97 Å². The average Bonchev–Trinajstić information content (AvgIpc) is 3.17. The third-order valence-electron chi connectivity index (χ3n) is 3.45. The third-order valence-corrected chi connectivity index (χ3v) is 3.45. The molecule has 0 amide bonds. The molecule has 1 aliphatic carbocycles. The number of hydrogen-bond acceptors (Lipinski definition) is 4. The van der Waals surface area contributed by atoms with Gasteiger partial charge in [-0.1, -0.05) is 12.1 Å². The van der Waals surface area contributed by atoms with E-state index in [-0.39, 0.29) is 11.2 Å². The molecule has 4 nitrogen and oxygen atoms in total. The predicted octanol–water partition coefficient (Wildman–Crippen LogP) is 2.74. The Morgan fingerprint density at radius 3 is 2.32 bits per heavy atom. The fraction of sp³-hybridized carbons (Fsp3) is 0.400. The summed E-state index contributed by atoms with van der Waals surface area (Å²) in [7, 11) is 0. The van der Waals surface area contributed by atoms with Crippen LogP contribution in [-0.2, 0) is 4.74 Å². The summed E-state index contributed by atoms with van der Waals surface area (Å²) in [4.78, 5) is 22.9. The molecule has 0 N–H and O–H groups in total. The van der Waals surface area contributed by atoms with Crippen LogP contribution < -0.4 is 0 Å². The van der Waals surface area contributed by atoms with Crippen molar-refractivity contribution in [2.45, 2.75) is 26.2 Å². The van der Waals surface area contributed by atoms with Gasteiger partial charge in [0.25, 0.3) is 0 Å². The quantitative estimate of drug-likeness (QED) is 0.601. The monoisotopic (exact) mass is 257 g/mol. The molecule has 2 rings (SSSR count). The zero-order valence-electron chi connectivity index (χ0n) is 10.8. The van der Waals surface area contributed by atoms with Crippen molar-refractivity contribution in [2.75, 3.05) is 6.61 Å². The van der Waals surface area contributed by atoms with Gasteiger partial charge in [0.05, 0.1) is 18.2 Å². The highest BCUT2D eigenvalue weighted by molar-refractivity contribution is 5.96. The van der Waals surface area contributed by atoms with E-state index in [0.717, 1.165) is 12.8 Å². The van der Waals surface area contributed by atoms with Crippen molar-refractivity contribution in [1.29, 1.82) is 5.26 Å². The Kier molecular flexibility index (Phi) is 3.66. The van der Waals surface area contributed by atoms with Gasteiger partial charge in [0.1, 0.15) is 0 Å². The predicted molar refractivity (Wildman–Crippen MR) is 68.6 cm³/mol. The molecule has 0 heterocycles. The van der Waals surface area contributed by atoms with Crippen LogP contribution in [0, 0.1) is 16.7 Å². The summed E-state index contributed by atoms with van der Waals surface area (Å²) >= 11 is 0. The van der Waals surface area contributed by atoms with Crippen LogP contribution in [-0.4, -0.2) is 18.4 Å². The Morgan fingerprint density at radius 2 is 1.84 bits per heavy atom. The summed E-state index contributed by atoms with van der Waals surface area (Å²) in [6.45, 7) is 1.78. The van der Waals surface area contributed by atoms with E-state index in [0.29, 0.717) is 24.2 Å². The molecule has 1 aromatic rings. The van der Waals surface area contributed by atoms with E-state index in [1.165, 1.54) is 6.92 Å². The Balaban J connectivity index is 1.93. The van der Waals surface area contributed by atoms with Gasteiger partial charge in [0.15, 0.2) is 5.78 Å². The van der Waals surface area contributed by atoms with E-state index in [2.05, 4.69) is 6.07 Å². The molecule has 1 fully saturated rings. The number of Topliss-reactive ketones (excluding diaryl/α,β-unsaturated/α-hetero) is 1. The second kappa shape index (κ2) is 5.23. The summed E-state index contributed by atoms with van der Waals surface area (Å²) in [5.41, 5.74) is 0.890. The fourth-order valence-corrected chi connectivity index (χ4v) is 1.86. The fourth-order valence-electron chi connectivity index (χ4n) is 1.86. The maximum Gasteiger partial charge on any atom is 0.338 e. The molecule has 1 aromatic carbocycles. The van der Waals surface area contributed by atoms with Crippen LogP contribution in [0.25, 0.3) is 0 Å². The second-order valence-corrected chi connectivity index (χ2v) is 5.04. The molecular weight excluding hydrogens is 242 g/mol. The van der Waals surface area contributed by atoms with E-state index >= 15 is 0 Å². The molecule has 0 bridgehead atoms. The highest BCUT2D eigenvalue weighted by Gasteiger charge is 2.43. The van der Waals surface area contributed by atoms with Crippen LogP contribution in [0.2, 0.25) is 0 Å². The van der Waals surface area contributed by atoms with E-state index < -0.39 is 5.97 Å². The number of nitrogens with zero attached hydrogens (tertiary/aromatic N) is 1. The molecule has 0 atom stereocenters. The standard InChI is InChI=1S/C15H15NO3/c1-11(17)12-2-4-13(5-3-12)14(18)19-10-15(6-7-15)8-9-16/h2-5H,6-8,10H2,1H3. The highest BCUT2D eigenvalue weighted by atomic mass is 16.5. The van der Waals surface area contributed by atoms with Gasteiger partial charge in [-0.15, -0.1) is 0 Å². The van der Waals surface area contributed by atoms with Crippen molar-refractivity contribution in [3.63, 3.8) is 0 Å². The third kappa shape index (κ3) is 3.19. The van der Waals surface area contributed by atoms with Crippen LogP contribution in [0.15, 0.2) is 24.3 Å². The summed E-state index contributed by atoms with van der Waals surface area (Å²) in [6, 6.07) is 8.52. The first-order chi connectivity index (χ1) is 9.06. The van der Waals surface area contributed by atoms with Gasteiger partial charge in [-0.2, -0.15) is 5.26 Å². The van der Waals surface area contributed by atoms with Crippen molar-refractivity contribution < 1.29 is 14.3 Å². The lowest BCUT2D eigenvalue weighted by molar-refractivity contribution is 0.0419. The van der Waals surface area contributed by atoms with Gasteiger partial charge in [0.2, 0.25) is 0 Å². The largest absolute Gasteiger partial charge is 0.461 e. The van der Waals surface area contributed by atoms with Crippen LogP contribution in [0.4, 0.5) is 0 Å². The number of carbonyl (C=O) groups excluding carboxylic acids is 2. The molecule has 0 aromatic heterocycles. The van der Waals surface area contributed by atoms with Gasteiger partial charge < -0.3 is 4.74 Å². The number of ketones is 1. The summed E-state index contributed by atoms with van der Waals surface area (Å²) in [6.07, 6.45) is 2.32. The minimum Gasteiger partial charge on any atom is -0.461 e. The van der Waals surface area contributed by atoms with Crippen LogP contribution in [0.5, 0.6) is 0 Å². The maximum absolute atomic E-state index is 11.8. The Bertz CT molecular complexity index is 536. The van der Waals surface area contributed by atoms with Gasteiger partial charge in [0, 0.05) is 17.4 Å². The number of ether oxygens (including phenoxy) is 1. The van der Waals surface area contributed by atoms with Gasteiger partial charge in [-0.3, -0.25) is 4.79 Å². The van der Waals surface area contributed by atoms with Crippen molar-refractivity contribution in [3.8, 4) is 6.07 Å².